The molecule has 0 saturated heterocycles. The molecule has 0 aromatic carbocycles. The molecule has 0 bridgehead atoms. The van der Waals surface area contributed by atoms with Gasteiger partial charge in [-0.2, -0.15) is 0 Å². The largest absolute Gasteiger partial charge is 0.0628 e. The highest BCUT2D eigenvalue weighted by Crippen LogP contribution is 2.50. The predicted octanol–water partition coefficient (Wildman–Crippen LogP) is 5.13. The molecule has 3 atom stereocenters. The molecular weight excluding hydrogens is 180 g/mol. The van der Waals surface area contributed by atoms with Crippen molar-refractivity contribution in [2.75, 3.05) is 0 Å². The molecule has 0 aromatic heterocycles. The van der Waals surface area contributed by atoms with Crippen LogP contribution in [0.2, 0.25) is 0 Å². The summed E-state index contributed by atoms with van der Waals surface area (Å²) in [6, 6.07) is 0. The minimum atomic E-state index is 0.893. The Bertz CT molecular complexity index is 169. The van der Waals surface area contributed by atoms with Crippen molar-refractivity contribution in [3.05, 3.63) is 0 Å². The van der Waals surface area contributed by atoms with Crippen molar-refractivity contribution in [2.24, 2.45) is 29.6 Å². The van der Waals surface area contributed by atoms with Gasteiger partial charge in [-0.1, -0.05) is 60.3 Å². The van der Waals surface area contributed by atoms with Gasteiger partial charge in [0.25, 0.3) is 0 Å². The van der Waals surface area contributed by atoms with E-state index < -0.39 is 0 Å². The van der Waals surface area contributed by atoms with Crippen LogP contribution in [0.3, 0.4) is 0 Å². The Morgan fingerprint density at radius 1 is 0.867 bits per heavy atom. The number of hydrogen-bond acceptors (Lipinski definition) is 0. The fourth-order valence-corrected chi connectivity index (χ4v) is 2.89. The lowest BCUT2D eigenvalue weighted by Crippen LogP contribution is -2.03. The smallest absolute Gasteiger partial charge is 0.0355 e. The summed E-state index contributed by atoms with van der Waals surface area (Å²) in [7, 11) is 0. The summed E-state index contributed by atoms with van der Waals surface area (Å²) in [5.74, 6) is 4.94. The van der Waals surface area contributed by atoms with Crippen molar-refractivity contribution < 1.29 is 0 Å². The summed E-state index contributed by atoms with van der Waals surface area (Å²) in [6.07, 6.45) is 7.32. The molecular formula is C15H30. The minimum absolute atomic E-state index is 0.893. The number of hydrogen-bond donors (Lipinski definition) is 0. The van der Waals surface area contributed by atoms with E-state index in [0.29, 0.717) is 0 Å². The van der Waals surface area contributed by atoms with Crippen LogP contribution in [-0.4, -0.2) is 0 Å². The van der Waals surface area contributed by atoms with Crippen molar-refractivity contribution in [2.45, 2.75) is 66.7 Å². The third kappa shape index (κ3) is 4.57. The van der Waals surface area contributed by atoms with Crippen LogP contribution >= 0.6 is 0 Å². The van der Waals surface area contributed by atoms with E-state index in [1.54, 1.807) is 0 Å². The molecule has 0 heteroatoms. The molecule has 1 rings (SSSR count). The van der Waals surface area contributed by atoms with Gasteiger partial charge in [-0.15, -0.1) is 0 Å². The maximum atomic E-state index is 2.47. The summed E-state index contributed by atoms with van der Waals surface area (Å²) >= 11 is 0. The van der Waals surface area contributed by atoms with Crippen LogP contribution in [0.4, 0.5) is 0 Å². The Kier molecular flexibility index (Phi) is 5.15. The minimum Gasteiger partial charge on any atom is -0.0628 e. The van der Waals surface area contributed by atoms with Crippen molar-refractivity contribution in [3.8, 4) is 0 Å². The van der Waals surface area contributed by atoms with E-state index >= 15 is 0 Å². The third-order valence-corrected chi connectivity index (χ3v) is 4.17. The lowest BCUT2D eigenvalue weighted by atomic mass is 9.93. The lowest BCUT2D eigenvalue weighted by Gasteiger charge is -2.12. The van der Waals surface area contributed by atoms with Gasteiger partial charge < -0.3 is 0 Å². The average molecular weight is 210 g/mol. The second-order valence-corrected chi connectivity index (χ2v) is 6.46. The molecule has 0 radical (unpaired) electrons. The summed E-state index contributed by atoms with van der Waals surface area (Å²) in [5, 5.41) is 0. The van der Waals surface area contributed by atoms with Gasteiger partial charge in [-0.25, -0.2) is 0 Å². The van der Waals surface area contributed by atoms with Gasteiger partial charge >= 0.3 is 0 Å². The Labute approximate surface area is 96.8 Å². The monoisotopic (exact) mass is 210 g/mol. The molecule has 1 saturated carbocycles. The second kappa shape index (κ2) is 5.92. The molecule has 3 unspecified atom stereocenters. The first kappa shape index (κ1) is 13.1. The lowest BCUT2D eigenvalue weighted by molar-refractivity contribution is 0.383. The molecule has 0 nitrogen and oxygen atoms in total. The maximum absolute atomic E-state index is 2.47. The zero-order chi connectivity index (χ0) is 11.4. The van der Waals surface area contributed by atoms with Crippen molar-refractivity contribution >= 4 is 0 Å². The van der Waals surface area contributed by atoms with Crippen molar-refractivity contribution in [1.29, 1.82) is 0 Å². The molecule has 0 spiro atoms. The average Bonchev–Trinajstić information content (AvgIpc) is 2.90. The maximum Gasteiger partial charge on any atom is -0.0355 e. The normalized spacial score (nSPS) is 27.4. The summed E-state index contributed by atoms with van der Waals surface area (Å²) in [4.78, 5) is 0. The Morgan fingerprint density at radius 3 is 1.93 bits per heavy atom. The van der Waals surface area contributed by atoms with E-state index in [9.17, 15) is 0 Å². The van der Waals surface area contributed by atoms with Crippen molar-refractivity contribution in [1.82, 2.24) is 0 Å². The van der Waals surface area contributed by atoms with E-state index in [2.05, 4.69) is 34.6 Å². The summed E-state index contributed by atoms with van der Waals surface area (Å²) in [6.45, 7) is 11.9. The molecule has 90 valence electrons. The fraction of sp³-hybridized carbons (Fsp3) is 1.00. The van der Waals surface area contributed by atoms with E-state index in [-0.39, 0.29) is 0 Å². The zero-order valence-corrected chi connectivity index (χ0v) is 11.4. The highest BCUT2D eigenvalue weighted by molar-refractivity contribution is 4.91. The van der Waals surface area contributed by atoms with E-state index in [4.69, 9.17) is 0 Å². The molecule has 1 aliphatic rings. The van der Waals surface area contributed by atoms with Gasteiger partial charge in [-0.05, 0) is 36.0 Å². The van der Waals surface area contributed by atoms with Gasteiger partial charge in [0.05, 0.1) is 0 Å². The van der Waals surface area contributed by atoms with E-state index in [0.717, 1.165) is 29.6 Å². The molecule has 0 heterocycles. The molecule has 15 heavy (non-hydrogen) atoms. The SMILES string of the molecule is CC(C)CCCCC(C)C1CC1C(C)C. The number of unbranched alkanes of at least 4 members (excludes halogenated alkanes) is 1. The Balaban J connectivity index is 2.03. The standard InChI is InChI=1S/C15H30/c1-11(2)8-6-7-9-13(5)15-10-14(15)12(3)4/h11-15H,6-10H2,1-5H3. The van der Waals surface area contributed by atoms with Crippen LogP contribution in [0.15, 0.2) is 0 Å². The van der Waals surface area contributed by atoms with Gasteiger partial charge in [-0.3, -0.25) is 0 Å². The van der Waals surface area contributed by atoms with Gasteiger partial charge in [0.15, 0.2) is 0 Å². The number of rotatable bonds is 7. The summed E-state index contributed by atoms with van der Waals surface area (Å²) in [5.41, 5.74) is 0. The topological polar surface area (TPSA) is 0 Å². The second-order valence-electron chi connectivity index (χ2n) is 6.46. The Hall–Kier alpha value is 0. The molecule has 0 aromatic rings. The zero-order valence-electron chi connectivity index (χ0n) is 11.4. The fourth-order valence-electron chi connectivity index (χ4n) is 2.89. The van der Waals surface area contributed by atoms with Crippen LogP contribution in [0.25, 0.3) is 0 Å². The highest BCUT2D eigenvalue weighted by atomic mass is 14.5. The first-order chi connectivity index (χ1) is 7.02. The quantitative estimate of drug-likeness (QED) is 0.511. The van der Waals surface area contributed by atoms with Crippen LogP contribution in [-0.2, 0) is 0 Å². The molecule has 1 fully saturated rings. The molecule has 0 N–H and O–H groups in total. The van der Waals surface area contributed by atoms with E-state index in [1.807, 2.05) is 0 Å². The van der Waals surface area contributed by atoms with Crippen molar-refractivity contribution in [3.63, 3.8) is 0 Å². The van der Waals surface area contributed by atoms with Gasteiger partial charge in [0.1, 0.15) is 0 Å². The van der Waals surface area contributed by atoms with Crippen LogP contribution in [0, 0.1) is 29.6 Å². The molecule has 0 amide bonds. The Morgan fingerprint density at radius 2 is 1.47 bits per heavy atom. The highest BCUT2D eigenvalue weighted by Gasteiger charge is 2.41. The molecule has 0 aliphatic heterocycles. The third-order valence-electron chi connectivity index (χ3n) is 4.17. The van der Waals surface area contributed by atoms with E-state index in [1.165, 1.54) is 32.1 Å². The first-order valence-electron chi connectivity index (χ1n) is 7.02. The van der Waals surface area contributed by atoms with Gasteiger partial charge in [0.2, 0.25) is 0 Å². The van der Waals surface area contributed by atoms with Gasteiger partial charge in [0, 0.05) is 0 Å². The van der Waals surface area contributed by atoms with Crippen LogP contribution in [0.5, 0.6) is 0 Å². The first-order valence-corrected chi connectivity index (χ1v) is 7.02. The molecule has 1 aliphatic carbocycles. The van der Waals surface area contributed by atoms with Crippen LogP contribution < -0.4 is 0 Å². The summed E-state index contributed by atoms with van der Waals surface area (Å²) < 4.78 is 0. The van der Waals surface area contributed by atoms with Crippen LogP contribution in [0.1, 0.15) is 66.7 Å². The predicted molar refractivity (Wildman–Crippen MR) is 68.9 cm³/mol.